The minimum absolute atomic E-state index is 0.109. The number of thioether (sulfide) groups is 1. The van der Waals surface area contributed by atoms with Gasteiger partial charge in [-0.25, -0.2) is 4.79 Å². The smallest absolute Gasteiger partial charge is 0.327 e. The predicted octanol–water partition coefficient (Wildman–Crippen LogP) is 0.734. The number of carbonyl (C=O) groups is 2. The Morgan fingerprint density at radius 2 is 2.12 bits per heavy atom. The fraction of sp³-hybridized carbons (Fsp3) is 0.818. The minimum Gasteiger partial charge on any atom is -0.480 e. The molecule has 1 aliphatic rings. The van der Waals surface area contributed by atoms with Gasteiger partial charge in [0, 0.05) is 5.75 Å². The molecule has 0 saturated carbocycles. The molecule has 0 aromatic heterocycles. The van der Waals surface area contributed by atoms with Gasteiger partial charge in [-0.2, -0.15) is 0 Å². The zero-order chi connectivity index (χ0) is 13.2. The molecule has 6 heteroatoms. The van der Waals surface area contributed by atoms with Crippen molar-refractivity contribution >= 4 is 23.6 Å². The molecule has 1 fully saturated rings. The van der Waals surface area contributed by atoms with Crippen LogP contribution in [0.2, 0.25) is 0 Å². The van der Waals surface area contributed by atoms with E-state index in [9.17, 15) is 9.59 Å². The Morgan fingerprint density at radius 1 is 1.53 bits per heavy atom. The van der Waals surface area contributed by atoms with Crippen LogP contribution in [-0.4, -0.2) is 45.1 Å². The Morgan fingerprint density at radius 3 is 2.59 bits per heavy atom. The number of nitrogens with two attached hydrogens (primary N) is 1. The van der Waals surface area contributed by atoms with Crippen molar-refractivity contribution in [3.8, 4) is 0 Å². The lowest BCUT2D eigenvalue weighted by Gasteiger charge is -2.28. The summed E-state index contributed by atoms with van der Waals surface area (Å²) in [6.07, 6.45) is 0.582. The van der Waals surface area contributed by atoms with E-state index < -0.39 is 18.1 Å². The van der Waals surface area contributed by atoms with Crippen LogP contribution in [0.1, 0.15) is 27.2 Å². The van der Waals surface area contributed by atoms with Crippen LogP contribution in [0.5, 0.6) is 0 Å². The fourth-order valence-electron chi connectivity index (χ4n) is 1.97. The molecule has 0 aliphatic carbocycles. The van der Waals surface area contributed by atoms with Gasteiger partial charge in [-0.05, 0) is 19.3 Å². The van der Waals surface area contributed by atoms with E-state index in [1.807, 2.05) is 20.8 Å². The zero-order valence-electron chi connectivity index (χ0n) is 10.4. The highest BCUT2D eigenvalue weighted by molar-refractivity contribution is 8.00. The predicted molar refractivity (Wildman–Crippen MR) is 67.6 cm³/mol. The van der Waals surface area contributed by atoms with Crippen LogP contribution >= 0.6 is 11.8 Å². The van der Waals surface area contributed by atoms with Crippen molar-refractivity contribution in [1.82, 2.24) is 4.90 Å². The average molecular weight is 260 g/mol. The van der Waals surface area contributed by atoms with Crippen molar-refractivity contribution in [2.45, 2.75) is 44.6 Å². The van der Waals surface area contributed by atoms with Crippen LogP contribution in [0.3, 0.4) is 0 Å². The van der Waals surface area contributed by atoms with E-state index in [0.29, 0.717) is 18.1 Å². The molecule has 5 nitrogen and oxygen atoms in total. The third-order valence-electron chi connectivity index (χ3n) is 2.80. The number of carbonyl (C=O) groups excluding carboxylic acids is 1. The summed E-state index contributed by atoms with van der Waals surface area (Å²) in [6.45, 7) is 5.82. The highest BCUT2D eigenvalue weighted by Gasteiger charge is 2.40. The van der Waals surface area contributed by atoms with E-state index >= 15 is 0 Å². The maximum atomic E-state index is 12.1. The van der Waals surface area contributed by atoms with Gasteiger partial charge < -0.3 is 15.7 Å². The fourth-order valence-corrected chi connectivity index (χ4v) is 3.14. The molecule has 3 N–H and O–H groups in total. The largest absolute Gasteiger partial charge is 0.480 e. The van der Waals surface area contributed by atoms with Gasteiger partial charge in [0.1, 0.15) is 6.04 Å². The first-order valence-corrected chi connectivity index (χ1v) is 6.81. The Balaban J connectivity index is 2.74. The molecule has 17 heavy (non-hydrogen) atoms. The summed E-state index contributed by atoms with van der Waals surface area (Å²) in [6, 6.07) is -1.33. The summed E-state index contributed by atoms with van der Waals surface area (Å²) in [7, 11) is 0. The monoisotopic (exact) mass is 260 g/mol. The van der Waals surface area contributed by atoms with Gasteiger partial charge in [0.2, 0.25) is 5.91 Å². The number of carboxylic acids is 1. The molecule has 1 aliphatic heterocycles. The molecule has 0 aromatic rings. The molecular weight excluding hydrogens is 240 g/mol. The van der Waals surface area contributed by atoms with Crippen molar-refractivity contribution < 1.29 is 14.7 Å². The number of nitrogens with zero attached hydrogens (tertiary/aromatic N) is 1. The summed E-state index contributed by atoms with van der Waals surface area (Å²) in [5.41, 5.74) is 5.83. The van der Waals surface area contributed by atoms with E-state index in [4.69, 9.17) is 10.8 Å². The Bertz CT molecular complexity index is 309. The van der Waals surface area contributed by atoms with Crippen LogP contribution in [0.15, 0.2) is 0 Å². The highest BCUT2D eigenvalue weighted by atomic mass is 32.2. The second-order valence-electron chi connectivity index (χ2n) is 4.77. The number of aliphatic carboxylic acids is 1. The first kappa shape index (κ1) is 14.3. The zero-order valence-corrected chi connectivity index (χ0v) is 11.2. The molecule has 0 spiro atoms. The summed E-state index contributed by atoms with van der Waals surface area (Å²) in [4.78, 5) is 24.6. The van der Waals surface area contributed by atoms with Crippen molar-refractivity contribution in [2.75, 3.05) is 5.75 Å². The molecule has 3 atom stereocenters. The second kappa shape index (κ2) is 5.73. The number of hydrogen-bond donors (Lipinski definition) is 2. The number of amides is 1. The molecule has 0 bridgehead atoms. The third kappa shape index (κ3) is 3.35. The molecule has 0 aromatic carbocycles. The summed E-state index contributed by atoms with van der Waals surface area (Å²) in [5.74, 6) is -0.435. The molecular formula is C11H20N2O3S. The van der Waals surface area contributed by atoms with Gasteiger partial charge in [-0.15, -0.1) is 11.8 Å². The van der Waals surface area contributed by atoms with Gasteiger partial charge in [-0.1, -0.05) is 13.8 Å². The number of rotatable bonds is 4. The number of hydrogen-bond acceptors (Lipinski definition) is 4. The van der Waals surface area contributed by atoms with Crippen LogP contribution in [-0.2, 0) is 9.59 Å². The Labute approximate surface area is 106 Å². The van der Waals surface area contributed by atoms with Gasteiger partial charge in [0.05, 0.1) is 11.4 Å². The van der Waals surface area contributed by atoms with Crippen molar-refractivity contribution in [3.05, 3.63) is 0 Å². The lowest BCUT2D eigenvalue weighted by atomic mass is 10.0. The maximum absolute atomic E-state index is 12.1. The molecule has 98 valence electrons. The normalized spacial score (nSPS) is 26.3. The topological polar surface area (TPSA) is 83.6 Å². The molecule has 2 unspecified atom stereocenters. The second-order valence-corrected chi connectivity index (χ2v) is 6.12. The van der Waals surface area contributed by atoms with Gasteiger partial charge in [0.25, 0.3) is 0 Å². The average Bonchev–Trinajstić information content (AvgIpc) is 2.58. The van der Waals surface area contributed by atoms with E-state index in [1.165, 1.54) is 16.7 Å². The van der Waals surface area contributed by atoms with E-state index in [2.05, 4.69) is 0 Å². The van der Waals surface area contributed by atoms with E-state index in [1.54, 1.807) is 0 Å². The molecule has 1 rings (SSSR count). The van der Waals surface area contributed by atoms with Crippen molar-refractivity contribution in [1.29, 1.82) is 0 Å². The van der Waals surface area contributed by atoms with Crippen LogP contribution in [0.4, 0.5) is 0 Å². The SMILES string of the molecule is CC(C)C[C@H](N)C(=O)N1C(C)SCC1C(=O)O. The summed E-state index contributed by atoms with van der Waals surface area (Å²) >= 11 is 1.48. The standard InChI is InChI=1S/C11H20N2O3S/c1-6(2)4-8(12)10(14)13-7(3)17-5-9(13)11(15)16/h6-9H,4-5,12H2,1-3H3,(H,15,16)/t7?,8-,9?/m0/s1. The third-order valence-corrected chi connectivity index (χ3v) is 4.02. The maximum Gasteiger partial charge on any atom is 0.327 e. The van der Waals surface area contributed by atoms with Crippen molar-refractivity contribution in [3.63, 3.8) is 0 Å². The van der Waals surface area contributed by atoms with Crippen LogP contribution in [0, 0.1) is 5.92 Å². The first-order chi connectivity index (χ1) is 7.84. The summed E-state index contributed by atoms with van der Waals surface area (Å²) in [5, 5.41) is 8.96. The molecule has 1 heterocycles. The number of carboxylic acid groups (broad SMARTS) is 1. The first-order valence-electron chi connectivity index (χ1n) is 5.76. The van der Waals surface area contributed by atoms with Crippen molar-refractivity contribution in [2.24, 2.45) is 11.7 Å². The van der Waals surface area contributed by atoms with E-state index in [0.717, 1.165) is 0 Å². The summed E-state index contributed by atoms with van der Waals surface area (Å²) < 4.78 is 0. The minimum atomic E-state index is -0.952. The van der Waals surface area contributed by atoms with Gasteiger partial charge in [0.15, 0.2) is 0 Å². The molecule has 0 radical (unpaired) electrons. The van der Waals surface area contributed by atoms with Gasteiger partial charge in [-0.3, -0.25) is 4.79 Å². The lowest BCUT2D eigenvalue weighted by Crippen LogP contribution is -2.51. The Hall–Kier alpha value is -0.750. The lowest BCUT2D eigenvalue weighted by molar-refractivity contribution is -0.149. The van der Waals surface area contributed by atoms with E-state index in [-0.39, 0.29) is 11.3 Å². The molecule has 1 saturated heterocycles. The Kier molecular flexibility index (Phi) is 4.82. The van der Waals surface area contributed by atoms with Crippen LogP contribution < -0.4 is 5.73 Å². The van der Waals surface area contributed by atoms with Crippen LogP contribution in [0.25, 0.3) is 0 Å². The molecule has 1 amide bonds. The quantitative estimate of drug-likeness (QED) is 0.778. The highest BCUT2D eigenvalue weighted by Crippen LogP contribution is 2.29. The van der Waals surface area contributed by atoms with Gasteiger partial charge >= 0.3 is 5.97 Å².